The zero-order valence-electron chi connectivity index (χ0n) is 14.7. The van der Waals surface area contributed by atoms with Gasteiger partial charge in [0, 0.05) is 6.92 Å². The van der Waals surface area contributed by atoms with E-state index in [1.54, 1.807) is 0 Å². The van der Waals surface area contributed by atoms with Gasteiger partial charge in [0.2, 0.25) is 12.2 Å². The summed E-state index contributed by atoms with van der Waals surface area (Å²) in [5.41, 5.74) is -3.29. The summed E-state index contributed by atoms with van der Waals surface area (Å²) in [5.74, 6) is -1.66. The van der Waals surface area contributed by atoms with Gasteiger partial charge in [-0.25, -0.2) is 0 Å². The van der Waals surface area contributed by atoms with E-state index in [2.05, 4.69) is 5.32 Å². The van der Waals surface area contributed by atoms with Gasteiger partial charge in [-0.1, -0.05) is 0 Å². The number of nitrogens with one attached hydrogen (secondary N) is 1. The van der Waals surface area contributed by atoms with Crippen LogP contribution in [0.25, 0.3) is 0 Å². The summed E-state index contributed by atoms with van der Waals surface area (Å²) in [6.45, 7) is 0.168. The Morgan fingerprint density at radius 3 is 2.00 bits per heavy atom. The van der Waals surface area contributed by atoms with E-state index in [0.717, 1.165) is 6.92 Å². The van der Waals surface area contributed by atoms with E-state index in [0.29, 0.717) is 0 Å². The van der Waals surface area contributed by atoms with Gasteiger partial charge in [0.15, 0.2) is 0 Å². The third kappa shape index (κ3) is 5.50. The first-order chi connectivity index (χ1) is 13.2. The molecule has 1 aliphatic heterocycles. The number of ether oxygens (including phenoxy) is 2. The molecule has 1 amide bonds. The van der Waals surface area contributed by atoms with Gasteiger partial charge in [-0.2, -0.15) is 26.3 Å². The number of carbonyl (C=O) groups excluding carboxylic acids is 1. The maximum absolute atomic E-state index is 13.0. The molecule has 164 valence electrons. The molecule has 0 unspecified atom stereocenters. The Bertz CT molecular complexity index is 707. The van der Waals surface area contributed by atoms with Crippen molar-refractivity contribution in [3.05, 3.63) is 29.3 Å². The van der Waals surface area contributed by atoms with Gasteiger partial charge >= 0.3 is 12.4 Å². The second kappa shape index (κ2) is 8.34. The topological polar surface area (TPSA) is 108 Å². The molecule has 13 heteroatoms. The van der Waals surface area contributed by atoms with Crippen LogP contribution in [-0.2, 0) is 21.9 Å². The van der Waals surface area contributed by atoms with Crippen molar-refractivity contribution in [3.8, 4) is 5.75 Å². The average Bonchev–Trinajstić information content (AvgIpc) is 2.59. The van der Waals surface area contributed by atoms with Crippen LogP contribution in [0.4, 0.5) is 26.3 Å². The quantitative estimate of drug-likeness (QED) is 0.529. The number of hydrogen-bond acceptors (Lipinski definition) is 6. The molecule has 7 nitrogen and oxygen atoms in total. The molecule has 1 aromatic rings. The van der Waals surface area contributed by atoms with Gasteiger partial charge in [0.05, 0.1) is 17.7 Å². The second-order valence-electron chi connectivity index (χ2n) is 6.29. The van der Waals surface area contributed by atoms with Gasteiger partial charge in [0.1, 0.15) is 30.1 Å². The molecule has 0 spiro atoms. The van der Waals surface area contributed by atoms with Crippen LogP contribution in [0.5, 0.6) is 5.75 Å². The molecule has 0 bridgehead atoms. The highest BCUT2D eigenvalue weighted by Gasteiger charge is 2.46. The first-order valence-electron chi connectivity index (χ1n) is 8.09. The molecular formula is C16H17F6NO6. The van der Waals surface area contributed by atoms with Gasteiger partial charge in [0.25, 0.3) is 0 Å². The molecule has 1 saturated heterocycles. The van der Waals surface area contributed by atoms with Crippen LogP contribution in [0.1, 0.15) is 18.1 Å². The summed E-state index contributed by atoms with van der Waals surface area (Å²) in [4.78, 5) is 11.3. The molecule has 1 heterocycles. The number of benzene rings is 1. The fraction of sp³-hybridized carbons (Fsp3) is 0.562. The van der Waals surface area contributed by atoms with Crippen molar-refractivity contribution < 1.29 is 55.9 Å². The van der Waals surface area contributed by atoms with Crippen LogP contribution in [0.15, 0.2) is 18.2 Å². The Kier molecular flexibility index (Phi) is 6.67. The smallest absolute Gasteiger partial charge is 0.416 e. The number of carbonyl (C=O) groups is 1. The number of amides is 1. The van der Waals surface area contributed by atoms with E-state index in [9.17, 15) is 46.5 Å². The summed E-state index contributed by atoms with van der Waals surface area (Å²) >= 11 is 0. The van der Waals surface area contributed by atoms with E-state index in [1.165, 1.54) is 0 Å². The Labute approximate surface area is 159 Å². The van der Waals surface area contributed by atoms with Gasteiger partial charge in [-0.3, -0.25) is 4.79 Å². The fourth-order valence-corrected chi connectivity index (χ4v) is 2.70. The third-order valence-electron chi connectivity index (χ3n) is 4.06. The highest BCUT2D eigenvalue weighted by molar-refractivity contribution is 5.73. The molecule has 0 aromatic heterocycles. The third-order valence-corrected chi connectivity index (χ3v) is 4.06. The van der Waals surface area contributed by atoms with E-state index in [-0.39, 0.29) is 18.2 Å². The zero-order valence-corrected chi connectivity index (χ0v) is 14.7. The molecular weight excluding hydrogens is 416 g/mol. The molecule has 4 N–H and O–H groups in total. The average molecular weight is 433 g/mol. The molecule has 1 aromatic carbocycles. The van der Waals surface area contributed by atoms with Crippen LogP contribution < -0.4 is 10.1 Å². The SMILES string of the molecule is CC(=O)N[C@@H]1[C@H](Oc2cc(C(F)(F)F)cc(C(F)(F)F)c2)O[C@H](CO)[C@@H](O)[C@@H]1O. The normalized spacial score (nSPS) is 28.1. The molecule has 0 aliphatic carbocycles. The maximum atomic E-state index is 13.0. The number of halogens is 6. The Balaban J connectivity index is 2.43. The molecule has 5 atom stereocenters. The number of rotatable bonds is 4. The molecule has 1 aliphatic rings. The van der Waals surface area contributed by atoms with E-state index >= 15 is 0 Å². The highest BCUT2D eigenvalue weighted by atomic mass is 19.4. The minimum absolute atomic E-state index is 0.102. The van der Waals surface area contributed by atoms with Crippen LogP contribution in [-0.4, -0.2) is 58.5 Å². The standard InChI is InChI=1S/C16H17F6NO6/c1-6(25)23-11-13(27)12(26)10(5-24)29-14(11)28-9-3-7(15(17,18)19)2-8(4-9)16(20,21)22/h2-4,10-14,24,26-27H,5H2,1H3,(H,23,25)/t10-,11+,12-,13-,14-/m1/s1. The Morgan fingerprint density at radius 2 is 1.59 bits per heavy atom. The Hall–Kier alpha value is -2.09. The maximum Gasteiger partial charge on any atom is 0.416 e. The van der Waals surface area contributed by atoms with Crippen molar-refractivity contribution in [1.82, 2.24) is 5.32 Å². The van der Waals surface area contributed by atoms with Crippen LogP contribution in [0.2, 0.25) is 0 Å². The van der Waals surface area contributed by atoms with E-state index < -0.39 is 72.4 Å². The van der Waals surface area contributed by atoms with Crippen molar-refractivity contribution in [2.75, 3.05) is 6.61 Å². The van der Waals surface area contributed by atoms with Crippen molar-refractivity contribution in [2.24, 2.45) is 0 Å². The van der Waals surface area contributed by atoms with Gasteiger partial charge < -0.3 is 30.1 Å². The summed E-state index contributed by atoms with van der Waals surface area (Å²) < 4.78 is 88.1. The summed E-state index contributed by atoms with van der Waals surface area (Å²) in [7, 11) is 0. The predicted octanol–water partition coefficient (Wildman–Crippen LogP) is 1.05. The fourth-order valence-electron chi connectivity index (χ4n) is 2.70. The number of aliphatic hydroxyl groups is 3. The van der Waals surface area contributed by atoms with Crippen LogP contribution >= 0.6 is 0 Å². The lowest BCUT2D eigenvalue weighted by atomic mass is 9.97. The number of alkyl halides is 6. The molecule has 0 saturated carbocycles. The first-order valence-corrected chi connectivity index (χ1v) is 8.09. The van der Waals surface area contributed by atoms with E-state index in [1.807, 2.05) is 0 Å². The molecule has 2 rings (SSSR count). The zero-order chi connectivity index (χ0) is 22.1. The van der Waals surface area contributed by atoms with Crippen LogP contribution in [0.3, 0.4) is 0 Å². The minimum Gasteiger partial charge on any atom is -0.463 e. The first kappa shape index (κ1) is 23.2. The van der Waals surface area contributed by atoms with Gasteiger partial charge in [-0.15, -0.1) is 0 Å². The van der Waals surface area contributed by atoms with Crippen molar-refractivity contribution in [2.45, 2.75) is 49.9 Å². The second-order valence-corrected chi connectivity index (χ2v) is 6.29. The van der Waals surface area contributed by atoms with Crippen molar-refractivity contribution >= 4 is 5.91 Å². The van der Waals surface area contributed by atoms with Gasteiger partial charge in [-0.05, 0) is 18.2 Å². The molecule has 1 fully saturated rings. The van der Waals surface area contributed by atoms with Crippen molar-refractivity contribution in [3.63, 3.8) is 0 Å². The lowest BCUT2D eigenvalue weighted by Crippen LogP contribution is -2.65. The molecule has 0 radical (unpaired) electrons. The number of aliphatic hydroxyl groups excluding tert-OH is 3. The monoisotopic (exact) mass is 433 g/mol. The Morgan fingerprint density at radius 1 is 1.07 bits per heavy atom. The molecule has 29 heavy (non-hydrogen) atoms. The largest absolute Gasteiger partial charge is 0.463 e. The summed E-state index contributed by atoms with van der Waals surface area (Å²) in [6, 6.07) is -1.08. The highest BCUT2D eigenvalue weighted by Crippen LogP contribution is 2.39. The summed E-state index contributed by atoms with van der Waals surface area (Å²) in [6.07, 6.45) is -17.0. The predicted molar refractivity (Wildman–Crippen MR) is 82.4 cm³/mol. The lowest BCUT2D eigenvalue weighted by Gasteiger charge is -2.42. The van der Waals surface area contributed by atoms with Crippen molar-refractivity contribution in [1.29, 1.82) is 0 Å². The lowest BCUT2D eigenvalue weighted by molar-refractivity contribution is -0.244. The van der Waals surface area contributed by atoms with Crippen LogP contribution in [0, 0.1) is 0 Å². The minimum atomic E-state index is -5.12. The number of hydrogen-bond donors (Lipinski definition) is 4. The summed E-state index contributed by atoms with van der Waals surface area (Å²) in [5, 5.41) is 31.3. The van der Waals surface area contributed by atoms with E-state index in [4.69, 9.17) is 9.47 Å².